The van der Waals surface area contributed by atoms with Gasteiger partial charge in [-0.2, -0.15) is 0 Å². The van der Waals surface area contributed by atoms with E-state index >= 15 is 0 Å². The van der Waals surface area contributed by atoms with Crippen LogP contribution in [0.1, 0.15) is 20.8 Å². The highest BCUT2D eigenvalue weighted by Gasteiger charge is 2.59. The first-order valence-electron chi connectivity index (χ1n) is 31.1. The minimum absolute atomic E-state index is 0.752. The SMILES string of the molecule is CC(=O)N[C@H]1[C@H](O[C@H]2[C@@H](O)[C@@H](CO)O[C@@H](O[C@H]3[C@H](O)[C@@H](NC(C)=O)[C@H](O[C@@H]4[C@H](O)[C@@H](O)[C@H](O[C@H]5[C@H](O)[C@@H](CO)O[C@@H](OC[C@H]6O[C@H](OC[C@H]7O[C@@H](O)[C@@H](O)[C@@H](O)[C@@H]7O)[C@@H](O)[C@@H](O)[C@@H]6O)[C@@H]5NC(C)=O)O[C@@H]4CO)O[C@@H]3CO)[C@@H]2O)O[C@H](CO)[C@@H](O[C@@H]2O[C@H](CO)[C@H](O)[C@H](O)[C@H]2O)[C@@H]1O. The van der Waals surface area contributed by atoms with Crippen molar-refractivity contribution in [3.8, 4) is 0 Å². The van der Waals surface area contributed by atoms with Gasteiger partial charge in [0.2, 0.25) is 17.7 Å². The third kappa shape index (κ3) is 17.6. The Hall–Kier alpha value is -3.11. The van der Waals surface area contributed by atoms with Crippen molar-refractivity contribution in [2.75, 3.05) is 52.9 Å². The van der Waals surface area contributed by atoms with Crippen LogP contribution in [0.5, 0.6) is 0 Å². The second-order valence-corrected chi connectivity index (χ2v) is 24.7. The molecular formula is C54H91N3O41. The number of ether oxygens (including phenoxy) is 15. The van der Waals surface area contributed by atoms with Crippen molar-refractivity contribution < 1.29 is 203 Å². The molecule has 8 rings (SSSR count). The van der Waals surface area contributed by atoms with Crippen molar-refractivity contribution in [3.63, 3.8) is 0 Å². The molecule has 0 unspecified atom stereocenters. The van der Waals surface area contributed by atoms with Crippen molar-refractivity contribution in [1.29, 1.82) is 0 Å². The zero-order chi connectivity index (χ0) is 72.2. The number of carbonyl (C=O) groups is 3. The van der Waals surface area contributed by atoms with Gasteiger partial charge in [-0.05, 0) is 0 Å². The third-order valence-electron chi connectivity index (χ3n) is 17.8. The molecule has 44 heteroatoms. The summed E-state index contributed by atoms with van der Waals surface area (Å²) >= 11 is 0. The Labute approximate surface area is 554 Å². The van der Waals surface area contributed by atoms with Gasteiger partial charge in [0.25, 0.3) is 0 Å². The average Bonchev–Trinajstić information content (AvgIpc) is 0.772. The van der Waals surface area contributed by atoms with Crippen molar-refractivity contribution in [2.24, 2.45) is 0 Å². The van der Waals surface area contributed by atoms with E-state index < -0.39 is 316 Å². The molecule has 8 fully saturated rings. The van der Waals surface area contributed by atoms with Gasteiger partial charge in [0.05, 0.1) is 52.9 Å². The van der Waals surface area contributed by atoms with Crippen LogP contribution in [0.2, 0.25) is 0 Å². The Balaban J connectivity index is 0.945. The summed E-state index contributed by atoms with van der Waals surface area (Å²) in [6, 6.07) is -5.36. The standard InChI is InChI=1S/C54H91N3O41/c1-12(64)55-23-31(72)43(96-54-41(82)46(30(71)17(6-60)89-54)98-50-24(56-13(2)65)32(73)42(18(7-61)91-50)95-52-39(80)34(75)26(67)15(4-58)88-52)19(8-62)90-49(23)94-44-20(9-63)92-53(40(81)36(44)77)97-45-25(57-14(3)66)48(87-16(5-59)29(45)70)84-11-22-28(69)35(76)38(79)51(93-22)85-10-21-27(68)33(74)37(78)47(83)86-21/h15-54,58-63,67-83H,4-11H2,1-3H3,(H,55,64)(H,56,65)(H,57,66)/t15-,16-,17-,18-,19-,20-,21-,22-,23-,24-,25-,26+,27-,28-,29-,30+,31-,32-,33+,34+,35+,36-,37+,38+,39-,40-,41-,42-,43-,44+,45-,46+,47-,48-,49+,50+,51+,52+,53+,54+/m1/s1. The number of rotatable bonds is 25. The first-order valence-corrected chi connectivity index (χ1v) is 31.1. The minimum atomic E-state index is -2.31. The fourth-order valence-electron chi connectivity index (χ4n) is 12.5. The summed E-state index contributed by atoms with van der Waals surface area (Å²) in [4.78, 5) is 38.2. The Morgan fingerprint density at radius 1 is 0.265 bits per heavy atom. The lowest BCUT2D eigenvalue weighted by Gasteiger charge is -2.51. The predicted octanol–water partition coefficient (Wildman–Crippen LogP) is -18.0. The summed E-state index contributed by atoms with van der Waals surface area (Å²) in [5, 5.41) is 255. The number of aliphatic hydroxyl groups excluding tert-OH is 23. The van der Waals surface area contributed by atoms with E-state index in [0.717, 1.165) is 20.8 Å². The summed E-state index contributed by atoms with van der Waals surface area (Å²) in [6.07, 6.45) is -71.6. The van der Waals surface area contributed by atoms with Crippen LogP contribution in [0, 0.1) is 0 Å². The van der Waals surface area contributed by atoms with Crippen LogP contribution in [-0.2, 0) is 85.4 Å². The second kappa shape index (κ2) is 35.1. The van der Waals surface area contributed by atoms with Crippen LogP contribution in [0.25, 0.3) is 0 Å². The molecule has 0 radical (unpaired) electrons. The summed E-state index contributed by atoms with van der Waals surface area (Å²) in [6.45, 7) is -4.87. The molecule has 98 heavy (non-hydrogen) atoms. The molecule has 568 valence electrons. The molecular weight excluding hydrogens is 1350 g/mol. The lowest BCUT2D eigenvalue weighted by molar-refractivity contribution is -0.385. The van der Waals surface area contributed by atoms with Gasteiger partial charge in [0.15, 0.2) is 50.3 Å². The topological polar surface area (TPSA) is 691 Å². The van der Waals surface area contributed by atoms with Gasteiger partial charge in [-0.15, -0.1) is 0 Å². The van der Waals surface area contributed by atoms with Gasteiger partial charge in [-0.25, -0.2) is 0 Å². The summed E-state index contributed by atoms with van der Waals surface area (Å²) in [5.74, 6) is -2.62. The summed E-state index contributed by atoms with van der Waals surface area (Å²) < 4.78 is 86.2. The van der Waals surface area contributed by atoms with Crippen LogP contribution in [0.3, 0.4) is 0 Å². The van der Waals surface area contributed by atoms with E-state index in [0.29, 0.717) is 0 Å². The van der Waals surface area contributed by atoms with Gasteiger partial charge in [-0.1, -0.05) is 0 Å². The molecule has 8 aliphatic rings. The highest BCUT2D eigenvalue weighted by Crippen LogP contribution is 2.38. The molecule has 0 saturated carbocycles. The fourth-order valence-corrected chi connectivity index (χ4v) is 12.5. The molecule has 0 aromatic carbocycles. The molecule has 26 N–H and O–H groups in total. The maximum atomic E-state index is 12.8. The molecule has 40 atom stereocenters. The number of carbonyl (C=O) groups excluding carboxylic acids is 3. The largest absolute Gasteiger partial charge is 0.394 e. The van der Waals surface area contributed by atoms with E-state index in [1.807, 2.05) is 0 Å². The van der Waals surface area contributed by atoms with Crippen molar-refractivity contribution in [3.05, 3.63) is 0 Å². The molecule has 8 aliphatic heterocycles. The quantitative estimate of drug-likeness (QED) is 0.0404. The summed E-state index contributed by atoms with van der Waals surface area (Å²) in [5.41, 5.74) is 0. The lowest BCUT2D eigenvalue weighted by Crippen LogP contribution is -2.71. The lowest BCUT2D eigenvalue weighted by atomic mass is 9.93. The Morgan fingerprint density at radius 3 is 1.02 bits per heavy atom. The molecule has 8 heterocycles. The normalized spacial score (nSPS) is 49.5. The molecule has 44 nitrogen and oxygen atoms in total. The van der Waals surface area contributed by atoms with Crippen LogP contribution >= 0.6 is 0 Å². The first-order chi connectivity index (χ1) is 46.3. The Bertz CT molecular complexity index is 2510. The monoisotopic (exact) mass is 1440 g/mol. The van der Waals surface area contributed by atoms with Crippen LogP contribution in [0.4, 0.5) is 0 Å². The molecule has 0 bridgehead atoms. The van der Waals surface area contributed by atoms with Crippen molar-refractivity contribution in [2.45, 2.75) is 266 Å². The number of hydrogen-bond donors (Lipinski definition) is 26. The van der Waals surface area contributed by atoms with E-state index in [1.54, 1.807) is 0 Å². The first kappa shape index (κ1) is 80.6. The molecule has 0 spiro atoms. The van der Waals surface area contributed by atoms with Crippen molar-refractivity contribution >= 4 is 17.7 Å². The van der Waals surface area contributed by atoms with Crippen molar-refractivity contribution in [1.82, 2.24) is 16.0 Å². The van der Waals surface area contributed by atoms with E-state index in [-0.39, 0.29) is 0 Å². The maximum Gasteiger partial charge on any atom is 0.217 e. The van der Waals surface area contributed by atoms with E-state index in [4.69, 9.17) is 71.1 Å². The fraction of sp³-hybridized carbons (Fsp3) is 0.944. The molecule has 0 aromatic heterocycles. The van der Waals surface area contributed by atoms with E-state index in [2.05, 4.69) is 16.0 Å². The highest BCUT2D eigenvalue weighted by atomic mass is 16.8. The van der Waals surface area contributed by atoms with E-state index in [1.165, 1.54) is 0 Å². The van der Waals surface area contributed by atoms with Gasteiger partial charge in [-0.3, -0.25) is 14.4 Å². The number of aliphatic hydroxyl groups is 23. The van der Waals surface area contributed by atoms with Crippen LogP contribution in [-0.4, -0.2) is 433 Å². The third-order valence-corrected chi connectivity index (χ3v) is 17.8. The van der Waals surface area contributed by atoms with Crippen LogP contribution < -0.4 is 16.0 Å². The number of amides is 3. The Kier molecular flexibility index (Phi) is 28.9. The maximum absolute atomic E-state index is 12.8. The molecule has 0 aromatic rings. The van der Waals surface area contributed by atoms with Gasteiger partial charge < -0.3 is 204 Å². The average molecular weight is 1440 g/mol. The smallest absolute Gasteiger partial charge is 0.217 e. The second-order valence-electron chi connectivity index (χ2n) is 24.7. The van der Waals surface area contributed by atoms with Gasteiger partial charge in [0.1, 0.15) is 195 Å². The highest BCUT2D eigenvalue weighted by molar-refractivity contribution is 5.74. The summed E-state index contributed by atoms with van der Waals surface area (Å²) in [7, 11) is 0. The van der Waals surface area contributed by atoms with Gasteiger partial charge in [0, 0.05) is 20.8 Å². The predicted molar refractivity (Wildman–Crippen MR) is 299 cm³/mol. The number of hydrogen-bond acceptors (Lipinski definition) is 41. The zero-order valence-corrected chi connectivity index (χ0v) is 52.4. The Morgan fingerprint density at radius 2 is 0.561 bits per heavy atom. The zero-order valence-electron chi connectivity index (χ0n) is 52.4. The minimum Gasteiger partial charge on any atom is -0.394 e. The molecule has 3 amide bonds. The van der Waals surface area contributed by atoms with Gasteiger partial charge >= 0.3 is 0 Å². The molecule has 0 aliphatic carbocycles. The van der Waals surface area contributed by atoms with Crippen LogP contribution in [0.15, 0.2) is 0 Å². The number of nitrogens with one attached hydrogen (secondary N) is 3. The molecule has 8 saturated heterocycles. The van der Waals surface area contributed by atoms with E-state index in [9.17, 15) is 132 Å².